The van der Waals surface area contributed by atoms with Crippen LogP contribution in [0.4, 0.5) is 0 Å². The number of nitrogens with one attached hydrogen (secondary N) is 1. The molecule has 2 heterocycles. The molecule has 0 spiro atoms. The maximum Gasteiger partial charge on any atom is 0.264 e. The van der Waals surface area contributed by atoms with Gasteiger partial charge < -0.3 is 9.47 Å². The largest absolute Gasteiger partial charge is 0.457 e. The van der Waals surface area contributed by atoms with Crippen molar-refractivity contribution in [2.45, 2.75) is 24.0 Å². The third kappa shape index (κ3) is 8.16. The first-order chi connectivity index (χ1) is 19.9. The predicted molar refractivity (Wildman–Crippen MR) is 155 cm³/mol. The van der Waals surface area contributed by atoms with Crippen molar-refractivity contribution < 1.29 is 27.5 Å². The second kappa shape index (κ2) is 13.6. The number of amides is 1. The van der Waals surface area contributed by atoms with Crippen LogP contribution in [-0.4, -0.2) is 69.7 Å². The van der Waals surface area contributed by atoms with Crippen LogP contribution >= 0.6 is 11.6 Å². The average Bonchev–Trinajstić information content (AvgIpc) is 3.12. The van der Waals surface area contributed by atoms with E-state index >= 15 is 0 Å². The molecule has 0 unspecified atom stereocenters. The van der Waals surface area contributed by atoms with Gasteiger partial charge in [-0.1, -0.05) is 48.0 Å². The van der Waals surface area contributed by atoms with Gasteiger partial charge in [-0.2, -0.15) is 4.72 Å². The van der Waals surface area contributed by atoms with E-state index < -0.39 is 22.0 Å². The molecule has 41 heavy (non-hydrogen) atoms. The van der Waals surface area contributed by atoms with Crippen LogP contribution in [0.1, 0.15) is 12.0 Å². The number of ether oxygens (including phenoxy) is 2. The van der Waals surface area contributed by atoms with Crippen molar-refractivity contribution in [3.8, 4) is 11.5 Å². The van der Waals surface area contributed by atoms with E-state index in [-0.39, 0.29) is 24.5 Å². The number of hydroxylamine groups is 2. The van der Waals surface area contributed by atoms with Gasteiger partial charge in [0.15, 0.2) is 0 Å². The Morgan fingerprint density at radius 1 is 0.927 bits per heavy atom. The maximum absolute atomic E-state index is 13.6. The van der Waals surface area contributed by atoms with Crippen molar-refractivity contribution in [2.75, 3.05) is 39.4 Å². The van der Waals surface area contributed by atoms with Crippen LogP contribution in [0.25, 0.3) is 0 Å². The standard InChI is InChI=1S/C30H32ClN3O6S/c31-25-7-9-26(10-8-25)40-27-11-13-28(14-12-27)41(36,37)32-29-15-6-24(20-33-16-18-38-19-17-33)21-34(30(29)35)39-22-23-4-2-1-3-5-23/h1-14,29,32H,15-22H2/t29-/m1/s1. The smallest absolute Gasteiger partial charge is 0.264 e. The highest BCUT2D eigenvalue weighted by Gasteiger charge is 2.32. The molecule has 3 aromatic rings. The first kappa shape index (κ1) is 29.2. The molecule has 0 radical (unpaired) electrons. The van der Waals surface area contributed by atoms with Gasteiger partial charge in [0, 0.05) is 24.7 Å². The van der Waals surface area contributed by atoms with Crippen molar-refractivity contribution >= 4 is 27.5 Å². The fourth-order valence-corrected chi connectivity index (χ4v) is 5.89. The van der Waals surface area contributed by atoms with Crippen molar-refractivity contribution in [1.82, 2.24) is 14.7 Å². The second-order valence-corrected chi connectivity index (χ2v) is 12.0. The highest BCUT2D eigenvalue weighted by atomic mass is 35.5. The number of hydrogen-bond donors (Lipinski definition) is 1. The molecule has 0 aliphatic carbocycles. The maximum atomic E-state index is 13.6. The Hall–Kier alpha value is -3.25. The van der Waals surface area contributed by atoms with Gasteiger partial charge in [0.05, 0.1) is 24.7 Å². The lowest BCUT2D eigenvalue weighted by Gasteiger charge is -2.29. The monoisotopic (exact) mass is 597 g/mol. The Bertz CT molecular complexity index is 1440. The number of morpholine rings is 1. The molecule has 1 fully saturated rings. The van der Waals surface area contributed by atoms with Crippen LogP contribution < -0.4 is 9.46 Å². The molecule has 2 aliphatic heterocycles. The van der Waals surface area contributed by atoms with E-state index in [1.165, 1.54) is 17.2 Å². The summed E-state index contributed by atoms with van der Waals surface area (Å²) in [6, 6.07) is 21.4. The number of carbonyl (C=O) groups is 1. The van der Waals surface area contributed by atoms with Crippen molar-refractivity contribution in [1.29, 1.82) is 0 Å². The molecule has 3 aromatic carbocycles. The minimum Gasteiger partial charge on any atom is -0.457 e. The van der Waals surface area contributed by atoms with Crippen LogP contribution in [0.2, 0.25) is 5.02 Å². The van der Waals surface area contributed by atoms with E-state index in [2.05, 4.69) is 9.62 Å². The van der Waals surface area contributed by atoms with Gasteiger partial charge in [0.25, 0.3) is 5.91 Å². The van der Waals surface area contributed by atoms with E-state index in [9.17, 15) is 13.2 Å². The summed E-state index contributed by atoms with van der Waals surface area (Å²) in [6.45, 7) is 3.99. The number of nitrogens with zero attached hydrogens (tertiary/aromatic N) is 2. The molecule has 1 saturated heterocycles. The molecule has 1 amide bonds. The van der Waals surface area contributed by atoms with Crippen molar-refractivity contribution in [3.63, 3.8) is 0 Å². The van der Waals surface area contributed by atoms with Gasteiger partial charge in [-0.15, -0.1) is 0 Å². The Morgan fingerprint density at radius 3 is 2.27 bits per heavy atom. The van der Waals surface area contributed by atoms with Crippen molar-refractivity contribution in [2.24, 2.45) is 0 Å². The number of benzene rings is 3. The molecule has 1 atom stereocenters. The summed E-state index contributed by atoms with van der Waals surface area (Å²) < 4.78 is 40.5. The van der Waals surface area contributed by atoms with Crippen LogP contribution in [-0.2, 0) is 31.0 Å². The first-order valence-corrected chi connectivity index (χ1v) is 15.2. The molecule has 2 aliphatic rings. The summed E-state index contributed by atoms with van der Waals surface area (Å²) in [6.07, 6.45) is 2.15. The van der Waals surface area contributed by atoms with E-state index in [4.69, 9.17) is 25.9 Å². The summed E-state index contributed by atoms with van der Waals surface area (Å²) in [4.78, 5) is 21.8. The van der Waals surface area contributed by atoms with Gasteiger partial charge in [0.2, 0.25) is 10.0 Å². The Morgan fingerprint density at radius 2 is 1.59 bits per heavy atom. The number of rotatable bonds is 10. The Kier molecular flexibility index (Phi) is 9.71. The van der Waals surface area contributed by atoms with E-state index in [1.54, 1.807) is 36.4 Å². The highest BCUT2D eigenvalue weighted by molar-refractivity contribution is 7.89. The van der Waals surface area contributed by atoms with Gasteiger partial charge in [-0.05, 0) is 66.1 Å². The lowest BCUT2D eigenvalue weighted by molar-refractivity contribution is -0.190. The van der Waals surface area contributed by atoms with E-state index in [0.29, 0.717) is 36.3 Å². The zero-order valence-corrected chi connectivity index (χ0v) is 24.0. The van der Waals surface area contributed by atoms with Crippen molar-refractivity contribution in [3.05, 3.63) is 101 Å². The van der Waals surface area contributed by atoms with Crippen LogP contribution in [0.3, 0.4) is 0 Å². The lowest BCUT2D eigenvalue weighted by Crippen LogP contribution is -2.48. The van der Waals surface area contributed by atoms with E-state index in [0.717, 1.165) is 24.2 Å². The zero-order chi connectivity index (χ0) is 28.7. The number of hydrogen-bond acceptors (Lipinski definition) is 7. The quantitative estimate of drug-likeness (QED) is 0.346. The number of halogens is 1. The molecule has 0 aromatic heterocycles. The summed E-state index contributed by atoms with van der Waals surface area (Å²) >= 11 is 5.92. The van der Waals surface area contributed by atoms with Gasteiger partial charge in [-0.25, -0.2) is 13.5 Å². The fraction of sp³-hybridized carbons (Fsp3) is 0.300. The molecule has 216 valence electrons. The molecular formula is C30H32ClN3O6S. The normalized spacial score (nSPS) is 18.6. The third-order valence-corrected chi connectivity index (χ3v) is 8.51. The minimum absolute atomic E-state index is 0.0206. The topological polar surface area (TPSA) is 97.4 Å². The molecule has 9 nitrogen and oxygen atoms in total. The molecule has 11 heteroatoms. The molecule has 1 N–H and O–H groups in total. The summed E-state index contributed by atoms with van der Waals surface area (Å²) in [7, 11) is -4.02. The average molecular weight is 598 g/mol. The van der Waals surface area contributed by atoms with Gasteiger partial charge in [0.1, 0.15) is 24.1 Å². The SMILES string of the molecule is O=C1[C@H](NS(=O)(=O)c2ccc(Oc3ccc(Cl)cc3)cc2)CC=C(CN2CCOCC2)CN1OCc1ccccc1. The fourth-order valence-electron chi connectivity index (χ4n) is 4.56. The van der Waals surface area contributed by atoms with Crippen LogP contribution in [0, 0.1) is 0 Å². The molecule has 0 bridgehead atoms. The van der Waals surface area contributed by atoms with Gasteiger partial charge in [-0.3, -0.25) is 14.5 Å². The first-order valence-electron chi connectivity index (χ1n) is 13.4. The summed E-state index contributed by atoms with van der Waals surface area (Å²) in [5.41, 5.74) is 1.89. The highest BCUT2D eigenvalue weighted by Crippen LogP contribution is 2.25. The Balaban J connectivity index is 1.29. The predicted octanol–water partition coefficient (Wildman–Crippen LogP) is 4.40. The summed E-state index contributed by atoms with van der Waals surface area (Å²) in [5, 5.41) is 1.87. The lowest BCUT2D eigenvalue weighted by atomic mass is 10.1. The molecule has 0 saturated carbocycles. The number of sulfonamides is 1. The van der Waals surface area contributed by atoms with Crippen LogP contribution in [0.15, 0.2) is 95.4 Å². The third-order valence-electron chi connectivity index (χ3n) is 6.77. The zero-order valence-electron chi connectivity index (χ0n) is 22.4. The number of carbonyl (C=O) groups excluding carboxylic acids is 1. The minimum atomic E-state index is -4.02. The molecule has 5 rings (SSSR count). The Labute approximate surface area is 245 Å². The summed E-state index contributed by atoms with van der Waals surface area (Å²) in [5.74, 6) is 0.593. The second-order valence-electron chi connectivity index (χ2n) is 9.82. The van der Waals surface area contributed by atoms with Crippen LogP contribution in [0.5, 0.6) is 11.5 Å². The van der Waals surface area contributed by atoms with Gasteiger partial charge >= 0.3 is 0 Å². The molecular weight excluding hydrogens is 566 g/mol. The van der Waals surface area contributed by atoms with E-state index in [1.807, 2.05) is 36.4 Å².